The number of piperidine rings is 1. The Morgan fingerprint density at radius 1 is 1.23 bits per heavy atom. The number of morpholine rings is 1. The molecule has 2 atom stereocenters. The summed E-state index contributed by atoms with van der Waals surface area (Å²) in [5.41, 5.74) is 0.354. The molecule has 3 fully saturated rings. The molecule has 39 heavy (non-hydrogen) atoms. The molecule has 1 aromatic rings. The van der Waals surface area contributed by atoms with Crippen LogP contribution in [-0.4, -0.2) is 80.7 Å². The van der Waals surface area contributed by atoms with Gasteiger partial charge in [-0.1, -0.05) is 17.7 Å². The molecule has 1 saturated carbocycles. The SMILES string of the molecule is Cc1ccc(S(=O)(=O)NN=C2CCC(OCC3N(C(=O)OC(C)(C)C)CCCC34COCC(=O)N4)CC2)cc1. The molecule has 1 aliphatic carbocycles. The molecule has 2 heterocycles. The van der Waals surface area contributed by atoms with Crippen molar-refractivity contribution >= 4 is 27.7 Å². The fourth-order valence-corrected chi connectivity index (χ4v) is 6.14. The van der Waals surface area contributed by atoms with Gasteiger partial charge >= 0.3 is 6.09 Å². The average Bonchev–Trinajstić information content (AvgIpc) is 2.86. The topological polar surface area (TPSA) is 136 Å². The van der Waals surface area contributed by atoms with Crippen molar-refractivity contribution in [2.75, 3.05) is 26.4 Å². The fourth-order valence-electron chi connectivity index (χ4n) is 5.29. The van der Waals surface area contributed by atoms with E-state index in [1.165, 1.54) is 0 Å². The number of rotatable bonds is 6. The molecule has 2 amide bonds. The fraction of sp³-hybridized carbons (Fsp3) is 0.667. The van der Waals surface area contributed by atoms with Crippen LogP contribution in [0.15, 0.2) is 34.3 Å². The second kappa shape index (κ2) is 11.8. The average molecular weight is 565 g/mol. The lowest BCUT2D eigenvalue weighted by Gasteiger charge is -2.51. The van der Waals surface area contributed by atoms with Crippen LogP contribution in [0.1, 0.15) is 64.9 Å². The van der Waals surface area contributed by atoms with Crippen LogP contribution in [0.4, 0.5) is 4.79 Å². The number of likely N-dealkylation sites (tertiary alicyclic amines) is 1. The summed E-state index contributed by atoms with van der Waals surface area (Å²) in [7, 11) is -3.73. The zero-order valence-electron chi connectivity index (χ0n) is 23.2. The second-order valence-electron chi connectivity index (χ2n) is 11.6. The van der Waals surface area contributed by atoms with E-state index in [9.17, 15) is 18.0 Å². The van der Waals surface area contributed by atoms with Crippen LogP contribution in [0.25, 0.3) is 0 Å². The van der Waals surface area contributed by atoms with Crippen molar-refractivity contribution in [2.45, 2.75) is 94.4 Å². The van der Waals surface area contributed by atoms with Gasteiger partial charge in [0, 0.05) is 12.3 Å². The first-order chi connectivity index (χ1) is 18.4. The lowest BCUT2D eigenvalue weighted by atomic mass is 9.81. The Hall–Kier alpha value is -2.70. The number of ether oxygens (including phenoxy) is 3. The van der Waals surface area contributed by atoms with Gasteiger partial charge in [0.1, 0.15) is 12.2 Å². The van der Waals surface area contributed by atoms with E-state index in [0.29, 0.717) is 51.7 Å². The van der Waals surface area contributed by atoms with E-state index in [1.54, 1.807) is 29.2 Å². The number of hydrazone groups is 1. The summed E-state index contributed by atoms with van der Waals surface area (Å²) in [6.45, 7) is 8.39. The third-order valence-electron chi connectivity index (χ3n) is 7.30. The summed E-state index contributed by atoms with van der Waals surface area (Å²) in [5, 5.41) is 7.27. The molecule has 2 N–H and O–H groups in total. The van der Waals surface area contributed by atoms with E-state index in [0.717, 1.165) is 11.3 Å². The van der Waals surface area contributed by atoms with Crippen LogP contribution in [0.5, 0.6) is 0 Å². The minimum atomic E-state index is -3.73. The van der Waals surface area contributed by atoms with Crippen molar-refractivity contribution in [3.8, 4) is 0 Å². The van der Waals surface area contributed by atoms with Crippen molar-refractivity contribution in [1.82, 2.24) is 15.0 Å². The highest BCUT2D eigenvalue weighted by molar-refractivity contribution is 7.89. The van der Waals surface area contributed by atoms with Gasteiger partial charge in [0.25, 0.3) is 10.0 Å². The molecular weight excluding hydrogens is 524 g/mol. The Bertz CT molecular complexity index is 1170. The Labute approximate surface area is 230 Å². The van der Waals surface area contributed by atoms with Crippen LogP contribution in [0.3, 0.4) is 0 Å². The number of nitrogens with zero attached hydrogens (tertiary/aromatic N) is 2. The van der Waals surface area contributed by atoms with Crippen molar-refractivity contribution < 1.29 is 32.2 Å². The molecule has 3 aliphatic rings. The predicted molar refractivity (Wildman–Crippen MR) is 145 cm³/mol. The maximum Gasteiger partial charge on any atom is 0.410 e. The number of hydrogen-bond acceptors (Lipinski definition) is 8. The van der Waals surface area contributed by atoms with Crippen molar-refractivity contribution in [3.63, 3.8) is 0 Å². The zero-order valence-corrected chi connectivity index (χ0v) is 24.0. The highest BCUT2D eigenvalue weighted by Gasteiger charge is 2.50. The maximum absolute atomic E-state index is 13.1. The molecule has 12 heteroatoms. The van der Waals surface area contributed by atoms with Crippen molar-refractivity contribution in [1.29, 1.82) is 0 Å². The third-order valence-corrected chi connectivity index (χ3v) is 8.52. The van der Waals surface area contributed by atoms with Crippen LogP contribution < -0.4 is 10.1 Å². The molecule has 1 aromatic carbocycles. The quantitative estimate of drug-likeness (QED) is 0.507. The molecule has 216 valence electrons. The van der Waals surface area contributed by atoms with Crippen LogP contribution in [-0.2, 0) is 29.0 Å². The van der Waals surface area contributed by atoms with Gasteiger partial charge in [0.2, 0.25) is 5.91 Å². The minimum Gasteiger partial charge on any atom is -0.444 e. The molecule has 1 spiro atoms. The van der Waals surface area contributed by atoms with E-state index in [2.05, 4.69) is 15.2 Å². The lowest BCUT2D eigenvalue weighted by molar-refractivity contribution is -0.144. The van der Waals surface area contributed by atoms with Crippen molar-refractivity contribution in [2.24, 2.45) is 5.10 Å². The van der Waals surface area contributed by atoms with Gasteiger partial charge in [-0.05, 0) is 78.4 Å². The molecular formula is C27H40N4O7S. The number of benzene rings is 1. The molecule has 2 saturated heterocycles. The summed E-state index contributed by atoms with van der Waals surface area (Å²) in [6.07, 6.45) is 3.38. The minimum absolute atomic E-state index is 0.000169. The van der Waals surface area contributed by atoms with Gasteiger partial charge < -0.3 is 24.4 Å². The number of carbonyl (C=O) groups excluding carboxylic acids is 2. The number of amides is 2. The number of nitrogens with one attached hydrogen (secondary N) is 2. The van der Waals surface area contributed by atoms with Gasteiger partial charge in [-0.2, -0.15) is 13.5 Å². The third kappa shape index (κ3) is 7.49. The highest BCUT2D eigenvalue weighted by atomic mass is 32.2. The first-order valence-electron chi connectivity index (χ1n) is 13.5. The van der Waals surface area contributed by atoms with E-state index in [-0.39, 0.29) is 30.1 Å². The van der Waals surface area contributed by atoms with Crippen LogP contribution in [0.2, 0.25) is 0 Å². The Kier molecular flexibility index (Phi) is 8.87. The Morgan fingerprint density at radius 2 is 1.92 bits per heavy atom. The van der Waals surface area contributed by atoms with Crippen LogP contribution in [0, 0.1) is 6.92 Å². The predicted octanol–water partition coefficient (Wildman–Crippen LogP) is 2.87. The summed E-state index contributed by atoms with van der Waals surface area (Å²) in [5.74, 6) is -0.205. The lowest BCUT2D eigenvalue weighted by Crippen LogP contribution is -2.72. The van der Waals surface area contributed by atoms with E-state index < -0.39 is 33.3 Å². The highest BCUT2D eigenvalue weighted by Crippen LogP contribution is 2.33. The summed E-state index contributed by atoms with van der Waals surface area (Å²) >= 11 is 0. The largest absolute Gasteiger partial charge is 0.444 e. The normalized spacial score (nSPS) is 26.2. The molecule has 0 radical (unpaired) electrons. The molecule has 11 nitrogen and oxygen atoms in total. The number of aryl methyl sites for hydroxylation is 1. The molecule has 4 rings (SSSR count). The number of hydrogen-bond donors (Lipinski definition) is 2. The Morgan fingerprint density at radius 3 is 2.56 bits per heavy atom. The standard InChI is InChI=1S/C27H40N4O7S/c1-19-6-12-22(13-7-19)39(34,35)30-29-20-8-10-21(11-9-20)37-16-23-27(18-36-17-24(32)28-27)14-5-15-31(23)25(33)38-26(2,3)4/h6-7,12-13,21,23,30H,5,8-11,14-18H2,1-4H3,(H,28,32). The second-order valence-corrected chi connectivity index (χ2v) is 13.3. The monoisotopic (exact) mass is 564 g/mol. The molecule has 0 aromatic heterocycles. The van der Waals surface area contributed by atoms with Gasteiger partial charge in [-0.25, -0.2) is 9.63 Å². The zero-order chi connectivity index (χ0) is 28.3. The summed E-state index contributed by atoms with van der Waals surface area (Å²) < 4.78 is 42.7. The molecule has 2 unspecified atom stereocenters. The Balaban J connectivity index is 1.37. The summed E-state index contributed by atoms with van der Waals surface area (Å²) in [4.78, 5) is 29.6. The van der Waals surface area contributed by atoms with Gasteiger partial charge in [-0.15, -0.1) is 0 Å². The van der Waals surface area contributed by atoms with E-state index in [4.69, 9.17) is 14.2 Å². The molecule has 2 aliphatic heterocycles. The molecule has 0 bridgehead atoms. The van der Waals surface area contributed by atoms with Gasteiger partial charge in [-0.3, -0.25) is 4.79 Å². The summed E-state index contributed by atoms with van der Waals surface area (Å²) in [6, 6.07) is 6.16. The van der Waals surface area contributed by atoms with Crippen LogP contribution >= 0.6 is 0 Å². The van der Waals surface area contributed by atoms with Crippen molar-refractivity contribution in [3.05, 3.63) is 29.8 Å². The van der Waals surface area contributed by atoms with E-state index >= 15 is 0 Å². The van der Waals surface area contributed by atoms with Gasteiger partial charge in [0.05, 0.1) is 35.8 Å². The van der Waals surface area contributed by atoms with Gasteiger partial charge in [0.15, 0.2) is 0 Å². The first kappa shape index (κ1) is 29.3. The first-order valence-corrected chi connectivity index (χ1v) is 15.0. The van der Waals surface area contributed by atoms with E-state index in [1.807, 2.05) is 27.7 Å². The smallest absolute Gasteiger partial charge is 0.410 e. The number of carbonyl (C=O) groups is 2. The maximum atomic E-state index is 13.1. The number of sulfonamides is 1.